The van der Waals surface area contributed by atoms with Crippen LogP contribution in [0.4, 0.5) is 0 Å². The van der Waals surface area contributed by atoms with Gasteiger partial charge in [0.2, 0.25) is 5.56 Å². The molecule has 0 bridgehead atoms. The molecule has 1 aromatic carbocycles. The molecule has 0 aliphatic carbocycles. The Labute approximate surface area is 84.1 Å². The van der Waals surface area contributed by atoms with Crippen LogP contribution < -0.4 is 5.56 Å². The van der Waals surface area contributed by atoms with Crippen molar-refractivity contribution in [2.24, 2.45) is 0 Å². The summed E-state index contributed by atoms with van der Waals surface area (Å²) in [7, 11) is 0. The largest absolute Gasteiger partial charge is 0.322 e. The molecule has 0 unspecified atom stereocenters. The SMILES string of the molecule is O=c1cc(Cl)c2ccc(Cl)cc2[nH]1. The fourth-order valence-corrected chi connectivity index (χ4v) is 1.63. The van der Waals surface area contributed by atoms with Crippen LogP contribution in [-0.2, 0) is 0 Å². The van der Waals surface area contributed by atoms with Gasteiger partial charge in [-0.25, -0.2) is 0 Å². The number of pyridine rings is 1. The van der Waals surface area contributed by atoms with Gasteiger partial charge in [0, 0.05) is 16.5 Å². The molecule has 0 saturated carbocycles. The third-order valence-electron chi connectivity index (χ3n) is 1.75. The number of benzene rings is 1. The second-order valence-electron chi connectivity index (χ2n) is 2.67. The summed E-state index contributed by atoms with van der Waals surface area (Å²) in [6.07, 6.45) is 0. The summed E-state index contributed by atoms with van der Waals surface area (Å²) in [6.45, 7) is 0. The van der Waals surface area contributed by atoms with Crippen LogP contribution in [0.5, 0.6) is 0 Å². The Balaban J connectivity index is 2.94. The van der Waals surface area contributed by atoms with E-state index in [1.807, 2.05) is 0 Å². The first-order valence-corrected chi connectivity index (χ1v) is 4.40. The van der Waals surface area contributed by atoms with Crippen LogP contribution in [0.2, 0.25) is 10.0 Å². The van der Waals surface area contributed by atoms with Crippen LogP contribution in [0.3, 0.4) is 0 Å². The Morgan fingerprint density at radius 3 is 2.69 bits per heavy atom. The second-order valence-corrected chi connectivity index (χ2v) is 3.52. The number of nitrogens with one attached hydrogen (secondary N) is 1. The first kappa shape index (κ1) is 8.60. The molecule has 2 nitrogen and oxygen atoms in total. The summed E-state index contributed by atoms with van der Waals surface area (Å²) in [6, 6.07) is 6.52. The average Bonchev–Trinajstić information content (AvgIpc) is 2.02. The van der Waals surface area contributed by atoms with E-state index >= 15 is 0 Å². The van der Waals surface area contributed by atoms with E-state index in [9.17, 15) is 4.79 Å². The van der Waals surface area contributed by atoms with Gasteiger partial charge < -0.3 is 4.98 Å². The second kappa shape index (κ2) is 3.05. The van der Waals surface area contributed by atoms with Crippen molar-refractivity contribution in [1.82, 2.24) is 4.98 Å². The molecule has 4 heteroatoms. The lowest BCUT2D eigenvalue weighted by atomic mass is 10.2. The maximum atomic E-state index is 11.0. The van der Waals surface area contributed by atoms with Crippen LogP contribution >= 0.6 is 23.2 Å². The maximum Gasteiger partial charge on any atom is 0.249 e. The van der Waals surface area contributed by atoms with Crippen molar-refractivity contribution < 1.29 is 0 Å². The van der Waals surface area contributed by atoms with Crippen LogP contribution in [0.15, 0.2) is 29.1 Å². The lowest BCUT2D eigenvalue weighted by Gasteiger charge is -1.99. The molecule has 1 aromatic heterocycles. The predicted molar refractivity (Wildman–Crippen MR) is 54.6 cm³/mol. The highest BCUT2D eigenvalue weighted by Gasteiger charge is 2.00. The van der Waals surface area contributed by atoms with Gasteiger partial charge in [-0.15, -0.1) is 0 Å². The highest BCUT2D eigenvalue weighted by atomic mass is 35.5. The van der Waals surface area contributed by atoms with Gasteiger partial charge in [0.1, 0.15) is 0 Å². The number of halogens is 2. The topological polar surface area (TPSA) is 32.9 Å². The first-order chi connectivity index (χ1) is 6.16. The molecule has 0 atom stereocenters. The third-order valence-corrected chi connectivity index (χ3v) is 2.30. The van der Waals surface area contributed by atoms with Crippen molar-refractivity contribution in [3.63, 3.8) is 0 Å². The van der Waals surface area contributed by atoms with Gasteiger partial charge in [0.25, 0.3) is 0 Å². The van der Waals surface area contributed by atoms with Crippen molar-refractivity contribution >= 4 is 34.1 Å². The molecule has 0 saturated heterocycles. The van der Waals surface area contributed by atoms with E-state index in [2.05, 4.69) is 4.98 Å². The lowest BCUT2D eigenvalue weighted by molar-refractivity contribution is 1.31. The number of hydrogen-bond acceptors (Lipinski definition) is 1. The third kappa shape index (κ3) is 1.55. The van der Waals surface area contributed by atoms with E-state index < -0.39 is 0 Å². The highest BCUT2D eigenvalue weighted by Crippen LogP contribution is 2.22. The van der Waals surface area contributed by atoms with Gasteiger partial charge in [-0.1, -0.05) is 23.2 Å². The Kier molecular flexibility index (Phi) is 2.02. The lowest BCUT2D eigenvalue weighted by Crippen LogP contribution is -2.03. The van der Waals surface area contributed by atoms with Crippen LogP contribution in [0, 0.1) is 0 Å². The molecular weight excluding hydrogens is 209 g/mol. The van der Waals surface area contributed by atoms with Crippen LogP contribution in [0.1, 0.15) is 0 Å². The van der Waals surface area contributed by atoms with E-state index in [1.165, 1.54) is 6.07 Å². The van der Waals surface area contributed by atoms with Crippen molar-refractivity contribution in [3.8, 4) is 0 Å². The minimum Gasteiger partial charge on any atom is -0.322 e. The minimum atomic E-state index is -0.222. The van der Waals surface area contributed by atoms with Gasteiger partial charge in [-0.3, -0.25) is 4.79 Å². The minimum absolute atomic E-state index is 0.222. The van der Waals surface area contributed by atoms with Crippen LogP contribution in [-0.4, -0.2) is 4.98 Å². The Bertz CT molecular complexity index is 518. The summed E-state index contributed by atoms with van der Waals surface area (Å²) < 4.78 is 0. The zero-order valence-corrected chi connectivity index (χ0v) is 7.99. The van der Waals surface area contributed by atoms with Crippen molar-refractivity contribution in [1.29, 1.82) is 0 Å². The first-order valence-electron chi connectivity index (χ1n) is 3.65. The molecule has 1 N–H and O–H groups in total. The van der Waals surface area contributed by atoms with E-state index in [0.717, 1.165) is 5.39 Å². The predicted octanol–water partition coefficient (Wildman–Crippen LogP) is 2.83. The molecule has 2 aromatic rings. The molecule has 0 aliphatic rings. The van der Waals surface area contributed by atoms with Crippen molar-refractivity contribution in [3.05, 3.63) is 44.7 Å². The number of rotatable bonds is 0. The Morgan fingerprint density at radius 2 is 1.92 bits per heavy atom. The summed E-state index contributed by atoms with van der Waals surface area (Å²) in [5, 5.41) is 1.81. The molecule has 1 heterocycles. The molecule has 0 aliphatic heterocycles. The zero-order chi connectivity index (χ0) is 9.42. The standard InChI is InChI=1S/C9H5Cl2NO/c10-5-1-2-6-7(11)4-9(13)12-8(6)3-5/h1-4H,(H,12,13). The molecule has 0 fully saturated rings. The van der Waals surface area contributed by atoms with E-state index in [4.69, 9.17) is 23.2 Å². The summed E-state index contributed by atoms with van der Waals surface area (Å²) in [4.78, 5) is 13.7. The van der Waals surface area contributed by atoms with E-state index in [-0.39, 0.29) is 5.56 Å². The Morgan fingerprint density at radius 1 is 1.15 bits per heavy atom. The maximum absolute atomic E-state index is 11.0. The molecule has 0 spiro atoms. The van der Waals surface area contributed by atoms with Crippen LogP contribution in [0.25, 0.3) is 10.9 Å². The number of aromatic amines is 1. The Hall–Kier alpha value is -0.990. The quantitative estimate of drug-likeness (QED) is 0.718. The molecule has 0 radical (unpaired) electrons. The molecule has 2 rings (SSSR count). The van der Waals surface area contributed by atoms with Gasteiger partial charge in [-0.05, 0) is 18.2 Å². The normalized spacial score (nSPS) is 10.6. The number of H-pyrrole nitrogens is 1. The van der Waals surface area contributed by atoms with E-state index in [0.29, 0.717) is 15.6 Å². The molecule has 66 valence electrons. The average molecular weight is 214 g/mol. The summed E-state index contributed by atoms with van der Waals surface area (Å²) in [5.41, 5.74) is 0.435. The van der Waals surface area contributed by atoms with Gasteiger partial charge >= 0.3 is 0 Å². The van der Waals surface area contributed by atoms with Gasteiger partial charge in [0.05, 0.1) is 10.5 Å². The van der Waals surface area contributed by atoms with E-state index in [1.54, 1.807) is 18.2 Å². The molecule has 0 amide bonds. The number of aromatic nitrogens is 1. The smallest absolute Gasteiger partial charge is 0.249 e. The highest BCUT2D eigenvalue weighted by molar-refractivity contribution is 6.36. The summed E-state index contributed by atoms with van der Waals surface area (Å²) >= 11 is 11.6. The fourth-order valence-electron chi connectivity index (χ4n) is 1.19. The monoisotopic (exact) mass is 213 g/mol. The zero-order valence-electron chi connectivity index (χ0n) is 6.47. The molecular formula is C9H5Cl2NO. The number of hydrogen-bond donors (Lipinski definition) is 1. The fraction of sp³-hybridized carbons (Fsp3) is 0. The van der Waals surface area contributed by atoms with Crippen molar-refractivity contribution in [2.75, 3.05) is 0 Å². The van der Waals surface area contributed by atoms with Gasteiger partial charge in [0.15, 0.2) is 0 Å². The number of fused-ring (bicyclic) bond motifs is 1. The van der Waals surface area contributed by atoms with Gasteiger partial charge in [-0.2, -0.15) is 0 Å². The molecule has 13 heavy (non-hydrogen) atoms. The van der Waals surface area contributed by atoms with Crippen molar-refractivity contribution in [2.45, 2.75) is 0 Å². The summed E-state index contributed by atoms with van der Waals surface area (Å²) in [5.74, 6) is 0.